The second-order valence-corrected chi connectivity index (χ2v) is 9.01. The molecule has 1 aliphatic carbocycles. The number of carbonyl (C=O) groups is 2. The molecule has 1 saturated carbocycles. The minimum Gasteiger partial charge on any atom is -0.466 e. The summed E-state index contributed by atoms with van der Waals surface area (Å²) in [4.78, 5) is 29.1. The third-order valence-corrected chi connectivity index (χ3v) is 6.50. The van der Waals surface area contributed by atoms with Crippen molar-refractivity contribution in [1.29, 1.82) is 0 Å². The number of anilines is 1. The lowest BCUT2D eigenvalue weighted by Crippen LogP contribution is -2.57. The Labute approximate surface area is 192 Å². The minimum absolute atomic E-state index is 0.0519. The van der Waals surface area contributed by atoms with Gasteiger partial charge in [-0.3, -0.25) is 9.59 Å². The SMILES string of the molecule is CCOC(=O)CC(=O)N1CC(c2ccc(Cl)cc2)N(c2ccc(Cl)cc2)C(C2CC2)C1. The Balaban J connectivity index is 1.67. The Bertz CT molecular complexity index is 929. The summed E-state index contributed by atoms with van der Waals surface area (Å²) in [7, 11) is 0. The third-order valence-electron chi connectivity index (χ3n) is 5.99. The molecule has 5 nitrogen and oxygen atoms in total. The van der Waals surface area contributed by atoms with Gasteiger partial charge in [0.15, 0.2) is 0 Å². The molecule has 31 heavy (non-hydrogen) atoms. The van der Waals surface area contributed by atoms with E-state index in [9.17, 15) is 9.59 Å². The Morgan fingerprint density at radius 1 is 0.968 bits per heavy atom. The Morgan fingerprint density at radius 3 is 2.16 bits per heavy atom. The second kappa shape index (κ2) is 9.49. The van der Waals surface area contributed by atoms with Crippen LogP contribution in [0.2, 0.25) is 10.0 Å². The molecule has 4 rings (SSSR count). The minimum atomic E-state index is -0.473. The highest BCUT2D eigenvalue weighted by molar-refractivity contribution is 6.30. The van der Waals surface area contributed by atoms with Crippen LogP contribution in [0.15, 0.2) is 48.5 Å². The summed E-state index contributed by atoms with van der Waals surface area (Å²) in [5.74, 6) is -0.138. The van der Waals surface area contributed by atoms with E-state index in [2.05, 4.69) is 4.90 Å². The molecule has 0 radical (unpaired) electrons. The van der Waals surface area contributed by atoms with Gasteiger partial charge in [0.2, 0.25) is 5.91 Å². The molecule has 2 unspecified atom stereocenters. The van der Waals surface area contributed by atoms with Crippen molar-refractivity contribution >= 4 is 40.8 Å². The van der Waals surface area contributed by atoms with E-state index in [1.165, 1.54) is 0 Å². The van der Waals surface area contributed by atoms with Gasteiger partial charge in [-0.2, -0.15) is 0 Å². The molecular formula is C24H26Cl2N2O3. The van der Waals surface area contributed by atoms with E-state index in [1.807, 2.05) is 53.4 Å². The van der Waals surface area contributed by atoms with Crippen molar-refractivity contribution in [1.82, 2.24) is 4.90 Å². The molecule has 2 aliphatic rings. The van der Waals surface area contributed by atoms with E-state index in [0.29, 0.717) is 29.1 Å². The molecule has 1 heterocycles. The molecule has 164 valence electrons. The van der Waals surface area contributed by atoms with Crippen LogP contribution in [0.4, 0.5) is 5.69 Å². The highest BCUT2D eigenvalue weighted by Crippen LogP contribution is 2.44. The molecule has 7 heteroatoms. The van der Waals surface area contributed by atoms with Crippen molar-refractivity contribution in [2.45, 2.75) is 38.3 Å². The fourth-order valence-electron chi connectivity index (χ4n) is 4.36. The lowest BCUT2D eigenvalue weighted by atomic mass is 9.95. The smallest absolute Gasteiger partial charge is 0.315 e. The normalized spacial score (nSPS) is 21.1. The highest BCUT2D eigenvalue weighted by Gasteiger charge is 2.44. The van der Waals surface area contributed by atoms with E-state index in [1.54, 1.807) is 6.92 Å². The average Bonchev–Trinajstić information content (AvgIpc) is 3.59. The Kier molecular flexibility index (Phi) is 6.73. The Hall–Kier alpha value is -2.24. The fourth-order valence-corrected chi connectivity index (χ4v) is 4.61. The number of halogens is 2. The largest absolute Gasteiger partial charge is 0.466 e. The first-order chi connectivity index (χ1) is 15.0. The van der Waals surface area contributed by atoms with Crippen molar-refractivity contribution in [2.24, 2.45) is 5.92 Å². The third kappa shape index (κ3) is 5.16. The van der Waals surface area contributed by atoms with Crippen molar-refractivity contribution in [3.05, 3.63) is 64.1 Å². The molecular weight excluding hydrogens is 435 g/mol. The topological polar surface area (TPSA) is 49.9 Å². The molecule has 2 aromatic carbocycles. The van der Waals surface area contributed by atoms with Crippen molar-refractivity contribution in [3.8, 4) is 0 Å². The second-order valence-electron chi connectivity index (χ2n) is 8.14. The Morgan fingerprint density at radius 2 is 1.58 bits per heavy atom. The van der Waals surface area contributed by atoms with Crippen LogP contribution in [0, 0.1) is 5.92 Å². The molecule has 2 atom stereocenters. The van der Waals surface area contributed by atoms with Gasteiger partial charge in [0.25, 0.3) is 0 Å². The lowest BCUT2D eigenvalue weighted by molar-refractivity contribution is -0.149. The molecule has 1 aliphatic heterocycles. The summed E-state index contributed by atoms with van der Waals surface area (Å²) in [6.07, 6.45) is 2.06. The standard InChI is InChI=1S/C24H26Cl2N2O3/c1-2-31-24(30)13-23(29)27-14-21(16-3-4-16)28(20-11-9-19(26)10-12-20)22(15-27)17-5-7-18(25)8-6-17/h5-12,16,21-22H,2-4,13-15H2,1H3. The first-order valence-electron chi connectivity index (χ1n) is 10.7. The van der Waals surface area contributed by atoms with Gasteiger partial charge in [-0.15, -0.1) is 0 Å². The quantitative estimate of drug-likeness (QED) is 0.443. The number of nitrogens with zero attached hydrogens (tertiary/aromatic N) is 2. The molecule has 2 aromatic rings. The zero-order valence-electron chi connectivity index (χ0n) is 17.5. The number of piperazine rings is 1. The zero-order valence-corrected chi connectivity index (χ0v) is 19.0. The summed E-state index contributed by atoms with van der Waals surface area (Å²) >= 11 is 12.3. The van der Waals surface area contributed by atoms with Crippen LogP contribution in [0.5, 0.6) is 0 Å². The van der Waals surface area contributed by atoms with Crippen LogP contribution < -0.4 is 4.90 Å². The van der Waals surface area contributed by atoms with E-state index in [4.69, 9.17) is 27.9 Å². The number of ether oxygens (including phenoxy) is 1. The lowest BCUT2D eigenvalue weighted by Gasteiger charge is -2.49. The van der Waals surface area contributed by atoms with Crippen molar-refractivity contribution in [3.63, 3.8) is 0 Å². The summed E-state index contributed by atoms with van der Waals surface area (Å²) in [6.45, 7) is 3.10. The summed E-state index contributed by atoms with van der Waals surface area (Å²) in [5, 5.41) is 1.37. The van der Waals surface area contributed by atoms with Gasteiger partial charge in [-0.25, -0.2) is 0 Å². The van der Waals surface area contributed by atoms with Gasteiger partial charge in [0.05, 0.1) is 18.7 Å². The van der Waals surface area contributed by atoms with E-state index in [-0.39, 0.29) is 31.0 Å². The molecule has 0 bridgehead atoms. The van der Waals surface area contributed by atoms with Crippen LogP contribution in [-0.4, -0.2) is 42.5 Å². The van der Waals surface area contributed by atoms with Crippen LogP contribution in [0.1, 0.15) is 37.8 Å². The van der Waals surface area contributed by atoms with Gasteiger partial charge in [-0.1, -0.05) is 35.3 Å². The molecule has 2 fully saturated rings. The molecule has 0 spiro atoms. The number of benzene rings is 2. The maximum absolute atomic E-state index is 13.0. The van der Waals surface area contributed by atoms with Crippen LogP contribution >= 0.6 is 23.2 Å². The van der Waals surface area contributed by atoms with E-state index < -0.39 is 5.97 Å². The van der Waals surface area contributed by atoms with Crippen LogP contribution in [-0.2, 0) is 14.3 Å². The maximum Gasteiger partial charge on any atom is 0.315 e. The molecule has 0 N–H and O–H groups in total. The average molecular weight is 461 g/mol. The summed E-state index contributed by atoms with van der Waals surface area (Å²) < 4.78 is 4.99. The van der Waals surface area contributed by atoms with E-state index in [0.717, 1.165) is 24.1 Å². The van der Waals surface area contributed by atoms with Gasteiger partial charge in [0.1, 0.15) is 6.42 Å². The first-order valence-corrected chi connectivity index (χ1v) is 11.4. The van der Waals surface area contributed by atoms with Crippen molar-refractivity contribution < 1.29 is 14.3 Å². The van der Waals surface area contributed by atoms with Crippen LogP contribution in [0.3, 0.4) is 0 Å². The van der Waals surface area contributed by atoms with Gasteiger partial charge >= 0.3 is 5.97 Å². The summed E-state index contributed by atoms with van der Waals surface area (Å²) in [5.41, 5.74) is 2.16. The zero-order chi connectivity index (χ0) is 22.0. The van der Waals surface area contributed by atoms with Gasteiger partial charge < -0.3 is 14.5 Å². The van der Waals surface area contributed by atoms with Gasteiger partial charge in [0, 0.05) is 28.8 Å². The predicted octanol–water partition coefficient (Wildman–Crippen LogP) is 5.12. The molecule has 1 amide bonds. The molecule has 0 aromatic heterocycles. The number of esters is 1. The predicted molar refractivity (Wildman–Crippen MR) is 122 cm³/mol. The first kappa shape index (κ1) is 22.0. The number of hydrogen-bond acceptors (Lipinski definition) is 4. The number of carbonyl (C=O) groups excluding carboxylic acids is 2. The number of amides is 1. The van der Waals surface area contributed by atoms with E-state index >= 15 is 0 Å². The van der Waals surface area contributed by atoms with Crippen LogP contribution in [0.25, 0.3) is 0 Å². The fraction of sp³-hybridized carbons (Fsp3) is 0.417. The summed E-state index contributed by atoms with van der Waals surface area (Å²) in [6, 6.07) is 15.8. The van der Waals surface area contributed by atoms with Gasteiger partial charge in [-0.05, 0) is 67.6 Å². The molecule has 1 saturated heterocycles. The van der Waals surface area contributed by atoms with Crippen molar-refractivity contribution in [2.75, 3.05) is 24.6 Å². The monoisotopic (exact) mass is 460 g/mol. The maximum atomic E-state index is 13.0. The number of hydrogen-bond donors (Lipinski definition) is 0. The highest BCUT2D eigenvalue weighted by atomic mass is 35.5. The number of rotatable bonds is 6.